The molecule has 0 radical (unpaired) electrons. The minimum Gasteiger partial charge on any atom is -0.491 e. The Morgan fingerprint density at radius 3 is 2.68 bits per heavy atom. The normalized spacial score (nSPS) is 12.1. The standard InChI is InChI=1S/C21H28FN3O2.HI/c1-3-23-21(24-11-10-17-7-5-8-18(22)13-17)25-14-19(26)15-27-20-9-4-6-16(2)12-20;/h4-9,12-13,19,26H,3,10-11,14-15H2,1-2H3,(H2,23,24,25);1H. The molecule has 0 spiro atoms. The highest BCUT2D eigenvalue weighted by Crippen LogP contribution is 2.12. The molecule has 0 bridgehead atoms. The SMILES string of the molecule is CCNC(=NCC(O)COc1cccc(C)c1)NCCc1cccc(F)c1.I. The van der Waals surface area contributed by atoms with E-state index in [4.69, 9.17) is 4.74 Å². The first-order chi connectivity index (χ1) is 13.1. The summed E-state index contributed by atoms with van der Waals surface area (Å²) in [6.07, 6.45) is -0.0227. The number of guanidine groups is 1. The van der Waals surface area contributed by atoms with E-state index in [0.29, 0.717) is 25.5 Å². The van der Waals surface area contributed by atoms with Gasteiger partial charge >= 0.3 is 0 Å². The van der Waals surface area contributed by atoms with Crippen molar-refractivity contribution in [3.05, 3.63) is 65.5 Å². The van der Waals surface area contributed by atoms with Gasteiger partial charge in [-0.3, -0.25) is 4.99 Å². The molecule has 7 heteroatoms. The zero-order valence-electron chi connectivity index (χ0n) is 16.3. The highest BCUT2D eigenvalue weighted by molar-refractivity contribution is 14.0. The number of hydrogen-bond acceptors (Lipinski definition) is 3. The number of aryl methyl sites for hydroxylation is 1. The van der Waals surface area contributed by atoms with Gasteiger partial charge in [-0.05, 0) is 55.7 Å². The third-order valence-corrected chi connectivity index (χ3v) is 3.83. The monoisotopic (exact) mass is 501 g/mol. The first-order valence-corrected chi connectivity index (χ1v) is 9.21. The van der Waals surface area contributed by atoms with E-state index in [1.165, 1.54) is 12.1 Å². The predicted molar refractivity (Wildman–Crippen MR) is 122 cm³/mol. The number of hydrogen-bond donors (Lipinski definition) is 3. The molecule has 1 atom stereocenters. The van der Waals surface area contributed by atoms with Crippen LogP contribution in [0.15, 0.2) is 53.5 Å². The van der Waals surface area contributed by atoms with E-state index in [9.17, 15) is 9.50 Å². The third-order valence-electron chi connectivity index (χ3n) is 3.83. The summed E-state index contributed by atoms with van der Waals surface area (Å²) >= 11 is 0. The van der Waals surface area contributed by atoms with Crippen LogP contribution in [0.1, 0.15) is 18.1 Å². The number of aliphatic imine (C=N–C) groups is 1. The van der Waals surface area contributed by atoms with Crippen molar-refractivity contribution in [1.29, 1.82) is 0 Å². The Kier molecular flexibility index (Phi) is 11.5. The molecule has 0 amide bonds. The summed E-state index contributed by atoms with van der Waals surface area (Å²) in [5, 5.41) is 16.4. The van der Waals surface area contributed by atoms with Gasteiger partial charge in [0.2, 0.25) is 0 Å². The molecule has 5 nitrogen and oxygen atoms in total. The Balaban J connectivity index is 0.00000392. The minimum absolute atomic E-state index is 0. The van der Waals surface area contributed by atoms with E-state index in [1.54, 1.807) is 6.07 Å². The molecular weight excluding hydrogens is 472 g/mol. The molecule has 0 saturated heterocycles. The molecule has 2 aromatic rings. The van der Waals surface area contributed by atoms with E-state index >= 15 is 0 Å². The lowest BCUT2D eigenvalue weighted by atomic mass is 10.1. The largest absolute Gasteiger partial charge is 0.491 e. The zero-order chi connectivity index (χ0) is 19.5. The van der Waals surface area contributed by atoms with E-state index in [2.05, 4.69) is 15.6 Å². The van der Waals surface area contributed by atoms with Crippen molar-refractivity contribution in [2.45, 2.75) is 26.4 Å². The molecule has 0 aliphatic heterocycles. The first-order valence-electron chi connectivity index (χ1n) is 9.21. The van der Waals surface area contributed by atoms with E-state index in [0.717, 1.165) is 16.9 Å². The van der Waals surface area contributed by atoms with Crippen molar-refractivity contribution < 1.29 is 14.2 Å². The topological polar surface area (TPSA) is 65.9 Å². The fraction of sp³-hybridized carbons (Fsp3) is 0.381. The van der Waals surface area contributed by atoms with Crippen LogP contribution in [0, 0.1) is 12.7 Å². The number of nitrogens with zero attached hydrogens (tertiary/aromatic N) is 1. The number of benzene rings is 2. The molecule has 28 heavy (non-hydrogen) atoms. The van der Waals surface area contributed by atoms with Crippen LogP contribution in [-0.2, 0) is 6.42 Å². The van der Waals surface area contributed by atoms with Crippen molar-refractivity contribution in [3.8, 4) is 5.75 Å². The average Bonchev–Trinajstić information content (AvgIpc) is 2.64. The smallest absolute Gasteiger partial charge is 0.191 e. The number of aliphatic hydroxyl groups excluding tert-OH is 1. The first kappa shape index (κ1) is 24.2. The van der Waals surface area contributed by atoms with Crippen molar-refractivity contribution in [2.24, 2.45) is 4.99 Å². The van der Waals surface area contributed by atoms with Gasteiger partial charge in [0.25, 0.3) is 0 Å². The second-order valence-electron chi connectivity index (χ2n) is 6.31. The zero-order valence-corrected chi connectivity index (χ0v) is 18.7. The summed E-state index contributed by atoms with van der Waals surface area (Å²) in [6.45, 7) is 5.69. The number of nitrogens with one attached hydrogen (secondary N) is 2. The van der Waals surface area contributed by atoms with Gasteiger partial charge in [0.15, 0.2) is 5.96 Å². The maximum atomic E-state index is 13.2. The van der Waals surface area contributed by atoms with Gasteiger partial charge in [0.05, 0.1) is 6.54 Å². The molecule has 0 aliphatic carbocycles. The molecule has 2 aromatic carbocycles. The van der Waals surface area contributed by atoms with Crippen LogP contribution in [0.25, 0.3) is 0 Å². The molecular formula is C21H29FIN3O2. The molecule has 0 saturated carbocycles. The van der Waals surface area contributed by atoms with Crippen LogP contribution in [0.2, 0.25) is 0 Å². The average molecular weight is 501 g/mol. The second-order valence-corrected chi connectivity index (χ2v) is 6.31. The van der Waals surface area contributed by atoms with Crippen LogP contribution in [0.5, 0.6) is 5.75 Å². The van der Waals surface area contributed by atoms with Crippen molar-refractivity contribution >= 4 is 29.9 Å². The molecule has 2 rings (SSSR count). The molecule has 3 N–H and O–H groups in total. The van der Waals surface area contributed by atoms with Crippen LogP contribution in [-0.4, -0.2) is 43.4 Å². The van der Waals surface area contributed by atoms with Crippen LogP contribution in [0.3, 0.4) is 0 Å². The molecule has 1 unspecified atom stereocenters. The summed E-state index contributed by atoms with van der Waals surface area (Å²) in [7, 11) is 0. The van der Waals surface area contributed by atoms with Crippen LogP contribution in [0.4, 0.5) is 4.39 Å². The van der Waals surface area contributed by atoms with Crippen LogP contribution < -0.4 is 15.4 Å². The summed E-state index contributed by atoms with van der Waals surface area (Å²) in [4.78, 5) is 4.38. The second kappa shape index (κ2) is 13.3. The van der Waals surface area contributed by atoms with Gasteiger partial charge < -0.3 is 20.5 Å². The maximum Gasteiger partial charge on any atom is 0.191 e. The van der Waals surface area contributed by atoms with Gasteiger partial charge in [-0.2, -0.15) is 0 Å². The Morgan fingerprint density at radius 1 is 1.18 bits per heavy atom. The summed E-state index contributed by atoms with van der Waals surface area (Å²) in [6, 6.07) is 14.2. The Morgan fingerprint density at radius 2 is 1.96 bits per heavy atom. The fourth-order valence-corrected chi connectivity index (χ4v) is 2.51. The van der Waals surface area contributed by atoms with Crippen LogP contribution >= 0.6 is 24.0 Å². The maximum absolute atomic E-state index is 13.2. The van der Waals surface area contributed by atoms with Gasteiger partial charge in [0.1, 0.15) is 24.3 Å². The number of ether oxygens (including phenoxy) is 1. The van der Waals surface area contributed by atoms with Gasteiger partial charge in [-0.25, -0.2) is 4.39 Å². The molecule has 0 aliphatic rings. The van der Waals surface area contributed by atoms with Gasteiger partial charge in [0, 0.05) is 13.1 Å². The lowest BCUT2D eigenvalue weighted by Gasteiger charge is -2.14. The molecule has 0 aromatic heterocycles. The number of rotatable bonds is 9. The summed E-state index contributed by atoms with van der Waals surface area (Å²) in [5.74, 6) is 1.12. The summed E-state index contributed by atoms with van der Waals surface area (Å²) in [5.41, 5.74) is 2.03. The fourth-order valence-electron chi connectivity index (χ4n) is 2.51. The van der Waals surface area contributed by atoms with E-state index in [-0.39, 0.29) is 42.9 Å². The highest BCUT2D eigenvalue weighted by Gasteiger charge is 2.06. The van der Waals surface area contributed by atoms with Crippen molar-refractivity contribution in [2.75, 3.05) is 26.2 Å². The molecule has 154 valence electrons. The minimum atomic E-state index is -0.704. The van der Waals surface area contributed by atoms with E-state index < -0.39 is 6.10 Å². The van der Waals surface area contributed by atoms with Gasteiger partial charge in [-0.15, -0.1) is 24.0 Å². The van der Waals surface area contributed by atoms with E-state index in [1.807, 2.05) is 44.2 Å². The quantitative estimate of drug-likeness (QED) is 0.281. The third kappa shape index (κ3) is 9.36. The molecule has 0 heterocycles. The van der Waals surface area contributed by atoms with Crippen molar-refractivity contribution in [1.82, 2.24) is 10.6 Å². The highest BCUT2D eigenvalue weighted by atomic mass is 127. The Hall–Kier alpha value is -1.87. The lowest BCUT2D eigenvalue weighted by Crippen LogP contribution is -2.39. The lowest BCUT2D eigenvalue weighted by molar-refractivity contribution is 0.114. The Bertz CT molecular complexity index is 743. The predicted octanol–water partition coefficient (Wildman–Crippen LogP) is 3.29. The van der Waals surface area contributed by atoms with Crippen molar-refractivity contribution in [3.63, 3.8) is 0 Å². The Labute approximate surface area is 183 Å². The molecule has 0 fully saturated rings. The van der Waals surface area contributed by atoms with Gasteiger partial charge in [-0.1, -0.05) is 24.3 Å². The number of aliphatic hydroxyl groups is 1. The summed E-state index contributed by atoms with van der Waals surface area (Å²) < 4.78 is 18.8. The number of halogens is 2.